The number of nitrogens with one attached hydrogen (secondary N) is 1. The van der Waals surface area contributed by atoms with E-state index in [0.29, 0.717) is 10.7 Å². The molecule has 0 heterocycles. The summed E-state index contributed by atoms with van der Waals surface area (Å²) in [5.41, 5.74) is 0.0565. The molecule has 3 rings (SSSR count). The Morgan fingerprint density at radius 1 is 0.969 bits per heavy atom. The molecule has 3 aromatic carbocycles. The van der Waals surface area contributed by atoms with Gasteiger partial charge in [-0.25, -0.2) is 0 Å². The second kappa shape index (κ2) is 10.1. The minimum Gasteiger partial charge on any atom is -0.377 e. The molecule has 0 fully saturated rings. The van der Waals surface area contributed by atoms with Gasteiger partial charge >= 0.3 is 10.1 Å². The van der Waals surface area contributed by atoms with Crippen LogP contribution in [0.4, 0.5) is 5.69 Å². The highest BCUT2D eigenvalue weighted by Crippen LogP contribution is 2.36. The predicted octanol–water partition coefficient (Wildman–Crippen LogP) is 5.96. The van der Waals surface area contributed by atoms with Crippen molar-refractivity contribution in [2.45, 2.75) is 4.90 Å². The molecule has 1 N–H and O–H groups in total. The van der Waals surface area contributed by atoms with Crippen LogP contribution < -0.4 is 9.50 Å². The number of nitrogens with zero attached hydrogens (tertiary/aromatic N) is 1. The summed E-state index contributed by atoms with van der Waals surface area (Å²) in [4.78, 5) is 12.5. The first-order chi connectivity index (χ1) is 15.2. The van der Waals surface area contributed by atoms with Crippen LogP contribution in [0.15, 0.2) is 77.2 Å². The summed E-state index contributed by atoms with van der Waals surface area (Å²) in [6.07, 6.45) is 1.13. The molecule has 3 aromatic rings. The summed E-state index contributed by atoms with van der Waals surface area (Å²) in [7, 11) is -4.24. The van der Waals surface area contributed by atoms with Crippen LogP contribution in [0.2, 0.25) is 15.1 Å². The van der Waals surface area contributed by atoms with E-state index in [1.54, 1.807) is 30.3 Å². The molecule has 0 aliphatic rings. The highest BCUT2D eigenvalue weighted by atomic mass is 35.5. The Morgan fingerprint density at radius 2 is 1.69 bits per heavy atom. The monoisotopic (exact) mass is 506 g/mol. The molecule has 0 atom stereocenters. The van der Waals surface area contributed by atoms with Crippen molar-refractivity contribution in [2.75, 3.05) is 5.32 Å². The smallest absolute Gasteiger partial charge is 0.339 e. The first-order valence-corrected chi connectivity index (χ1v) is 11.4. The van der Waals surface area contributed by atoms with Crippen LogP contribution >= 0.6 is 34.8 Å². The van der Waals surface area contributed by atoms with Crippen molar-refractivity contribution in [3.8, 4) is 11.8 Å². The van der Waals surface area contributed by atoms with Crippen LogP contribution in [0.3, 0.4) is 0 Å². The second-order valence-corrected chi connectivity index (χ2v) is 9.12. The maximum Gasteiger partial charge on any atom is 0.339 e. The molecular weight excluding hydrogens is 495 g/mol. The quantitative estimate of drug-likeness (QED) is 0.252. The maximum absolute atomic E-state index is 12.7. The minimum atomic E-state index is -4.24. The van der Waals surface area contributed by atoms with Gasteiger partial charge in [0.15, 0.2) is 5.75 Å². The average molecular weight is 508 g/mol. The van der Waals surface area contributed by atoms with Crippen LogP contribution in [-0.4, -0.2) is 14.3 Å². The lowest BCUT2D eigenvalue weighted by Gasteiger charge is -2.12. The molecule has 0 unspecified atom stereocenters. The van der Waals surface area contributed by atoms with Gasteiger partial charge in [0.1, 0.15) is 16.5 Å². The molecule has 162 valence electrons. The predicted molar refractivity (Wildman–Crippen MR) is 124 cm³/mol. The number of carbonyl (C=O) groups excluding carboxylic acids is 1. The lowest BCUT2D eigenvalue weighted by molar-refractivity contribution is -0.112. The van der Waals surface area contributed by atoms with E-state index in [-0.39, 0.29) is 31.8 Å². The third-order valence-corrected chi connectivity index (χ3v) is 5.98. The Labute approximate surface area is 199 Å². The zero-order valence-corrected chi connectivity index (χ0v) is 19.1. The van der Waals surface area contributed by atoms with Crippen LogP contribution in [-0.2, 0) is 14.9 Å². The van der Waals surface area contributed by atoms with Gasteiger partial charge in [-0.1, -0.05) is 59.1 Å². The van der Waals surface area contributed by atoms with Crippen molar-refractivity contribution in [3.05, 3.63) is 92.9 Å². The van der Waals surface area contributed by atoms with E-state index in [2.05, 4.69) is 5.32 Å². The number of benzene rings is 3. The largest absolute Gasteiger partial charge is 0.377 e. The van der Waals surface area contributed by atoms with Crippen molar-refractivity contribution < 1.29 is 17.4 Å². The van der Waals surface area contributed by atoms with Crippen molar-refractivity contribution in [2.24, 2.45) is 0 Å². The third kappa shape index (κ3) is 5.81. The van der Waals surface area contributed by atoms with Gasteiger partial charge in [-0.2, -0.15) is 13.7 Å². The van der Waals surface area contributed by atoms with E-state index >= 15 is 0 Å². The van der Waals surface area contributed by atoms with Crippen molar-refractivity contribution in [1.29, 1.82) is 5.26 Å². The topological polar surface area (TPSA) is 96.3 Å². The first-order valence-electron chi connectivity index (χ1n) is 8.87. The number of nitriles is 1. The van der Waals surface area contributed by atoms with E-state index in [1.165, 1.54) is 42.5 Å². The summed E-state index contributed by atoms with van der Waals surface area (Å²) in [6.45, 7) is 0. The number of anilines is 1. The van der Waals surface area contributed by atoms with E-state index in [1.807, 2.05) is 0 Å². The summed E-state index contributed by atoms with van der Waals surface area (Å²) >= 11 is 18.1. The molecule has 10 heteroatoms. The standard InChI is InChI=1S/C22H13Cl3N2O4S/c23-16-5-4-6-18(11-16)27-22(28)15(13-26)9-14-10-17(24)12-20(25)21(14)31-32(29,30)19-7-2-1-3-8-19/h1-12H,(H,27,28)/b15-9+. The van der Waals surface area contributed by atoms with Gasteiger partial charge < -0.3 is 9.50 Å². The molecule has 0 aromatic heterocycles. The lowest BCUT2D eigenvalue weighted by Crippen LogP contribution is -2.14. The van der Waals surface area contributed by atoms with Crippen LogP contribution in [0.25, 0.3) is 6.08 Å². The molecule has 0 saturated heterocycles. The zero-order chi connectivity index (χ0) is 23.3. The number of carbonyl (C=O) groups is 1. The Bertz CT molecular complexity index is 1350. The average Bonchev–Trinajstić information content (AvgIpc) is 2.74. The summed E-state index contributed by atoms with van der Waals surface area (Å²) < 4.78 is 30.6. The normalized spacial score (nSPS) is 11.5. The van der Waals surface area contributed by atoms with Gasteiger partial charge in [0, 0.05) is 21.3 Å². The molecule has 6 nitrogen and oxygen atoms in total. The summed E-state index contributed by atoms with van der Waals surface area (Å²) in [5.74, 6) is -1.02. The number of hydrogen-bond acceptors (Lipinski definition) is 5. The number of hydrogen-bond donors (Lipinski definition) is 1. The Morgan fingerprint density at radius 3 is 2.34 bits per heavy atom. The molecule has 0 aliphatic carbocycles. The van der Waals surface area contributed by atoms with Gasteiger partial charge in [-0.15, -0.1) is 0 Å². The number of amides is 1. The highest BCUT2D eigenvalue weighted by molar-refractivity contribution is 7.87. The summed E-state index contributed by atoms with van der Waals surface area (Å²) in [5, 5.41) is 12.5. The SMILES string of the molecule is N#C/C(=C\c1cc(Cl)cc(Cl)c1OS(=O)(=O)c1ccccc1)C(=O)Nc1cccc(Cl)c1. The van der Waals surface area contributed by atoms with Crippen molar-refractivity contribution >= 4 is 62.6 Å². The Kier molecular flexibility index (Phi) is 7.44. The fraction of sp³-hybridized carbons (Fsp3) is 0. The molecule has 0 saturated carbocycles. The Balaban J connectivity index is 2.00. The number of halogens is 3. The fourth-order valence-electron chi connectivity index (χ4n) is 2.59. The zero-order valence-electron chi connectivity index (χ0n) is 16.1. The van der Waals surface area contributed by atoms with Gasteiger partial charge in [0.2, 0.25) is 0 Å². The molecule has 32 heavy (non-hydrogen) atoms. The van der Waals surface area contributed by atoms with E-state index in [0.717, 1.165) is 6.08 Å². The molecule has 0 aliphatic heterocycles. The highest BCUT2D eigenvalue weighted by Gasteiger charge is 2.22. The molecule has 0 bridgehead atoms. The molecule has 0 radical (unpaired) electrons. The lowest BCUT2D eigenvalue weighted by atomic mass is 10.1. The van der Waals surface area contributed by atoms with E-state index in [4.69, 9.17) is 39.0 Å². The fourth-order valence-corrected chi connectivity index (χ4v) is 4.37. The number of rotatable bonds is 6. The van der Waals surface area contributed by atoms with E-state index in [9.17, 15) is 18.5 Å². The van der Waals surface area contributed by atoms with Crippen molar-refractivity contribution in [1.82, 2.24) is 0 Å². The minimum absolute atomic E-state index is 0.0276. The van der Waals surface area contributed by atoms with Crippen LogP contribution in [0, 0.1) is 11.3 Å². The Hall–Kier alpha value is -3.02. The first kappa shape index (κ1) is 23.6. The van der Waals surface area contributed by atoms with Crippen molar-refractivity contribution in [3.63, 3.8) is 0 Å². The maximum atomic E-state index is 12.7. The summed E-state index contributed by atoms with van der Waals surface area (Å²) in [6, 6.07) is 18.2. The molecular formula is C22H13Cl3N2O4S. The third-order valence-electron chi connectivity index (χ3n) is 4.01. The molecule has 1 amide bonds. The van der Waals surface area contributed by atoms with E-state index < -0.39 is 16.0 Å². The second-order valence-electron chi connectivity index (χ2n) is 6.29. The van der Waals surface area contributed by atoms with Gasteiger partial charge in [-0.05, 0) is 48.5 Å². The van der Waals surface area contributed by atoms with Crippen LogP contribution in [0.1, 0.15) is 5.56 Å². The van der Waals surface area contributed by atoms with Gasteiger partial charge in [-0.3, -0.25) is 4.79 Å². The van der Waals surface area contributed by atoms with Gasteiger partial charge in [0.25, 0.3) is 5.91 Å². The molecule has 0 spiro atoms. The van der Waals surface area contributed by atoms with Gasteiger partial charge in [0.05, 0.1) is 5.02 Å². The van der Waals surface area contributed by atoms with Crippen LogP contribution in [0.5, 0.6) is 5.75 Å².